The molecule has 0 fully saturated rings. The van der Waals surface area contributed by atoms with E-state index in [2.05, 4.69) is 0 Å². The van der Waals surface area contributed by atoms with Crippen LogP contribution in [0, 0.1) is 13.8 Å². The van der Waals surface area contributed by atoms with E-state index >= 15 is 0 Å². The van der Waals surface area contributed by atoms with Crippen LogP contribution in [0.2, 0.25) is 0 Å². The number of benzene rings is 3. The van der Waals surface area contributed by atoms with Crippen molar-refractivity contribution in [3.63, 3.8) is 0 Å². The molecule has 1 heterocycles. The number of amides is 1. The van der Waals surface area contributed by atoms with Gasteiger partial charge in [0.25, 0.3) is 5.91 Å². The standard InChI is InChI=1S/C29H31N3O3/c1-20(2)31(28(33)23-17-15-21(3)16-18-23)19-25-22(4)30-32(24-11-7-6-8-12-24)29(25)35-27-14-10-9-13-26(27)34-5/h6-18,20H,19H2,1-5H3. The van der Waals surface area contributed by atoms with Gasteiger partial charge in [0.15, 0.2) is 11.5 Å². The minimum atomic E-state index is -0.0323. The van der Waals surface area contributed by atoms with Crippen molar-refractivity contribution in [2.45, 2.75) is 40.3 Å². The Balaban J connectivity index is 1.79. The fraction of sp³-hybridized carbons (Fsp3) is 0.241. The van der Waals surface area contributed by atoms with E-state index in [1.165, 1.54) is 0 Å². The molecular formula is C29H31N3O3. The van der Waals surface area contributed by atoms with Gasteiger partial charge in [0.1, 0.15) is 0 Å². The summed E-state index contributed by atoms with van der Waals surface area (Å²) in [6, 6.07) is 25.0. The number of rotatable bonds is 8. The van der Waals surface area contributed by atoms with Gasteiger partial charge in [0.2, 0.25) is 5.88 Å². The Hall–Kier alpha value is -4.06. The summed E-state index contributed by atoms with van der Waals surface area (Å²) < 4.78 is 13.8. The van der Waals surface area contributed by atoms with Crippen LogP contribution in [-0.4, -0.2) is 33.7 Å². The van der Waals surface area contributed by atoms with Gasteiger partial charge in [-0.25, -0.2) is 4.68 Å². The molecular weight excluding hydrogens is 438 g/mol. The Bertz CT molecular complexity index is 1290. The normalized spacial score (nSPS) is 10.9. The SMILES string of the molecule is COc1ccccc1Oc1c(CN(C(=O)c2ccc(C)cc2)C(C)C)c(C)nn1-c1ccccc1. The smallest absolute Gasteiger partial charge is 0.254 e. The van der Waals surface area contributed by atoms with Gasteiger partial charge >= 0.3 is 0 Å². The second-order valence-corrected chi connectivity index (χ2v) is 8.76. The van der Waals surface area contributed by atoms with Gasteiger partial charge in [-0.15, -0.1) is 0 Å². The first-order valence-corrected chi connectivity index (χ1v) is 11.7. The molecule has 0 aliphatic heterocycles. The molecule has 1 aromatic heterocycles. The van der Waals surface area contributed by atoms with Gasteiger partial charge < -0.3 is 14.4 Å². The van der Waals surface area contributed by atoms with Crippen LogP contribution in [0.25, 0.3) is 5.69 Å². The molecule has 0 saturated heterocycles. The predicted molar refractivity (Wildman–Crippen MR) is 138 cm³/mol. The van der Waals surface area contributed by atoms with E-state index in [-0.39, 0.29) is 11.9 Å². The zero-order valence-electron chi connectivity index (χ0n) is 20.9. The van der Waals surface area contributed by atoms with Gasteiger partial charge in [-0.05, 0) is 64.1 Å². The summed E-state index contributed by atoms with van der Waals surface area (Å²) in [5, 5.41) is 4.80. The minimum Gasteiger partial charge on any atom is -0.493 e. The number of nitrogens with zero attached hydrogens (tertiary/aromatic N) is 3. The Morgan fingerprint density at radius 1 is 0.914 bits per heavy atom. The second-order valence-electron chi connectivity index (χ2n) is 8.76. The average Bonchev–Trinajstić information content (AvgIpc) is 3.17. The van der Waals surface area contributed by atoms with Crippen LogP contribution >= 0.6 is 0 Å². The summed E-state index contributed by atoms with van der Waals surface area (Å²) in [7, 11) is 1.61. The van der Waals surface area contributed by atoms with Crippen molar-refractivity contribution in [3.8, 4) is 23.1 Å². The molecule has 3 aromatic carbocycles. The fourth-order valence-electron chi connectivity index (χ4n) is 3.90. The summed E-state index contributed by atoms with van der Waals surface area (Å²) in [5.41, 5.74) is 4.28. The van der Waals surface area contributed by atoms with Crippen LogP contribution in [-0.2, 0) is 6.54 Å². The number of aromatic nitrogens is 2. The number of carbonyl (C=O) groups is 1. The number of hydrogen-bond donors (Lipinski definition) is 0. The quantitative estimate of drug-likeness (QED) is 0.302. The Kier molecular flexibility index (Phi) is 7.20. The molecule has 6 heteroatoms. The van der Waals surface area contributed by atoms with Crippen molar-refractivity contribution >= 4 is 5.91 Å². The van der Waals surface area contributed by atoms with Gasteiger partial charge in [-0.3, -0.25) is 4.79 Å². The molecule has 0 spiro atoms. The average molecular weight is 470 g/mol. The molecule has 0 aliphatic carbocycles. The van der Waals surface area contributed by atoms with Crippen molar-refractivity contribution in [2.75, 3.05) is 7.11 Å². The highest BCUT2D eigenvalue weighted by atomic mass is 16.5. The summed E-state index contributed by atoms with van der Waals surface area (Å²) in [5.74, 6) is 1.72. The van der Waals surface area contributed by atoms with Crippen molar-refractivity contribution in [3.05, 3.63) is 101 Å². The molecule has 0 N–H and O–H groups in total. The van der Waals surface area contributed by atoms with Crippen molar-refractivity contribution in [2.24, 2.45) is 0 Å². The van der Waals surface area contributed by atoms with E-state index in [9.17, 15) is 4.79 Å². The molecule has 4 aromatic rings. The second kappa shape index (κ2) is 10.5. The lowest BCUT2D eigenvalue weighted by Crippen LogP contribution is -2.36. The Morgan fingerprint density at radius 3 is 2.17 bits per heavy atom. The van der Waals surface area contributed by atoms with E-state index in [1.807, 2.05) is 111 Å². The minimum absolute atomic E-state index is 0.0256. The van der Waals surface area contributed by atoms with Gasteiger partial charge in [-0.2, -0.15) is 5.10 Å². The van der Waals surface area contributed by atoms with Gasteiger partial charge in [0, 0.05) is 11.6 Å². The maximum atomic E-state index is 13.5. The predicted octanol–water partition coefficient (Wildman–Crippen LogP) is 6.34. The van der Waals surface area contributed by atoms with Crippen LogP contribution in [0.3, 0.4) is 0 Å². The molecule has 180 valence electrons. The van der Waals surface area contributed by atoms with Gasteiger partial charge in [-0.1, -0.05) is 48.0 Å². The van der Waals surface area contributed by atoms with E-state index in [0.29, 0.717) is 29.5 Å². The number of ether oxygens (including phenoxy) is 2. The molecule has 0 bridgehead atoms. The number of para-hydroxylation sites is 3. The zero-order chi connectivity index (χ0) is 24.9. The maximum absolute atomic E-state index is 13.5. The van der Waals surface area contributed by atoms with Gasteiger partial charge in [0.05, 0.1) is 30.6 Å². The molecule has 1 amide bonds. The van der Waals surface area contributed by atoms with Crippen molar-refractivity contribution in [1.29, 1.82) is 0 Å². The fourth-order valence-corrected chi connectivity index (χ4v) is 3.90. The lowest BCUT2D eigenvalue weighted by atomic mass is 10.1. The molecule has 0 saturated carbocycles. The molecule has 0 atom stereocenters. The third kappa shape index (κ3) is 5.22. The summed E-state index contributed by atoms with van der Waals surface area (Å²) in [6.07, 6.45) is 0. The summed E-state index contributed by atoms with van der Waals surface area (Å²) in [6.45, 7) is 8.34. The Morgan fingerprint density at radius 2 is 1.54 bits per heavy atom. The van der Waals surface area contributed by atoms with E-state index in [0.717, 1.165) is 22.5 Å². The number of carbonyl (C=O) groups excluding carboxylic acids is 1. The maximum Gasteiger partial charge on any atom is 0.254 e. The molecule has 6 nitrogen and oxygen atoms in total. The van der Waals surface area contributed by atoms with Crippen molar-refractivity contribution < 1.29 is 14.3 Å². The molecule has 35 heavy (non-hydrogen) atoms. The first kappa shape index (κ1) is 24.1. The number of hydrogen-bond acceptors (Lipinski definition) is 4. The third-order valence-corrected chi connectivity index (χ3v) is 5.92. The molecule has 0 radical (unpaired) electrons. The lowest BCUT2D eigenvalue weighted by molar-refractivity contribution is 0.0689. The highest BCUT2D eigenvalue weighted by Gasteiger charge is 2.26. The van der Waals surface area contributed by atoms with Crippen LogP contribution in [0.5, 0.6) is 17.4 Å². The monoisotopic (exact) mass is 469 g/mol. The summed E-state index contributed by atoms with van der Waals surface area (Å²) in [4.78, 5) is 15.3. The lowest BCUT2D eigenvalue weighted by Gasteiger charge is -2.27. The molecule has 4 rings (SSSR count). The topological polar surface area (TPSA) is 56.6 Å². The Labute approximate surface area is 206 Å². The highest BCUT2D eigenvalue weighted by Crippen LogP contribution is 2.36. The van der Waals surface area contributed by atoms with Crippen LogP contribution in [0.4, 0.5) is 0 Å². The largest absolute Gasteiger partial charge is 0.493 e. The highest BCUT2D eigenvalue weighted by molar-refractivity contribution is 5.94. The third-order valence-electron chi connectivity index (χ3n) is 5.92. The number of aryl methyl sites for hydroxylation is 2. The van der Waals surface area contributed by atoms with E-state index in [4.69, 9.17) is 14.6 Å². The van der Waals surface area contributed by atoms with Crippen molar-refractivity contribution in [1.82, 2.24) is 14.7 Å². The zero-order valence-corrected chi connectivity index (χ0v) is 20.9. The molecule has 0 unspecified atom stereocenters. The van der Waals surface area contributed by atoms with Crippen LogP contribution in [0.1, 0.15) is 41.0 Å². The van der Waals surface area contributed by atoms with Crippen LogP contribution in [0.15, 0.2) is 78.9 Å². The van der Waals surface area contributed by atoms with E-state index < -0.39 is 0 Å². The number of methoxy groups -OCH3 is 1. The first-order valence-electron chi connectivity index (χ1n) is 11.7. The first-order chi connectivity index (χ1) is 16.9. The van der Waals surface area contributed by atoms with Crippen LogP contribution < -0.4 is 9.47 Å². The summed E-state index contributed by atoms with van der Waals surface area (Å²) >= 11 is 0. The van der Waals surface area contributed by atoms with E-state index in [1.54, 1.807) is 11.8 Å². The molecule has 0 aliphatic rings.